The number of hydrogen-bond donors (Lipinski definition) is 0. The van der Waals surface area contributed by atoms with Gasteiger partial charge in [-0.25, -0.2) is 9.79 Å². The van der Waals surface area contributed by atoms with Crippen molar-refractivity contribution in [2.24, 2.45) is 4.99 Å². The van der Waals surface area contributed by atoms with Crippen molar-refractivity contribution in [1.29, 1.82) is 5.26 Å². The molecule has 5 rings (SSSR count). The van der Waals surface area contributed by atoms with Crippen molar-refractivity contribution in [3.8, 4) is 17.6 Å². The van der Waals surface area contributed by atoms with Crippen LogP contribution in [0.15, 0.2) is 92.7 Å². The molecule has 2 heterocycles. The normalized spacial score (nSPS) is 14.4. The summed E-state index contributed by atoms with van der Waals surface area (Å²) in [6.45, 7) is 6.25. The first-order valence-electron chi connectivity index (χ1n) is 14.1. The van der Waals surface area contributed by atoms with Crippen molar-refractivity contribution in [1.82, 2.24) is 4.57 Å². The van der Waals surface area contributed by atoms with E-state index in [0.717, 1.165) is 21.6 Å². The molecular formula is C34H31N3O5S2. The Hall–Kier alpha value is -4.59. The lowest BCUT2D eigenvalue weighted by atomic mass is 9.96. The van der Waals surface area contributed by atoms with Gasteiger partial charge in [-0.2, -0.15) is 5.26 Å². The zero-order chi connectivity index (χ0) is 31.2. The fourth-order valence-electron chi connectivity index (χ4n) is 4.96. The summed E-state index contributed by atoms with van der Waals surface area (Å²) in [7, 11) is 0. The Morgan fingerprint density at radius 3 is 2.55 bits per heavy atom. The number of esters is 1. The third-order valence-corrected chi connectivity index (χ3v) is 8.76. The number of carbonyl (C=O) groups is 1. The Labute approximate surface area is 263 Å². The third kappa shape index (κ3) is 6.34. The summed E-state index contributed by atoms with van der Waals surface area (Å²) >= 11 is 2.88. The highest BCUT2D eigenvalue weighted by Crippen LogP contribution is 2.32. The molecular weight excluding hydrogens is 595 g/mol. The van der Waals surface area contributed by atoms with E-state index in [0.29, 0.717) is 44.3 Å². The first kappa shape index (κ1) is 30.9. The van der Waals surface area contributed by atoms with Crippen LogP contribution in [0.4, 0.5) is 0 Å². The maximum Gasteiger partial charge on any atom is 0.338 e. The van der Waals surface area contributed by atoms with E-state index in [1.165, 1.54) is 11.3 Å². The second-order valence-corrected chi connectivity index (χ2v) is 11.7. The Morgan fingerprint density at radius 1 is 1.07 bits per heavy atom. The smallest absolute Gasteiger partial charge is 0.338 e. The number of benzene rings is 3. The zero-order valence-corrected chi connectivity index (χ0v) is 26.5. The van der Waals surface area contributed by atoms with Gasteiger partial charge >= 0.3 is 5.97 Å². The Balaban J connectivity index is 1.55. The molecule has 4 aromatic rings. The van der Waals surface area contributed by atoms with Crippen LogP contribution in [0.2, 0.25) is 0 Å². The van der Waals surface area contributed by atoms with Gasteiger partial charge in [-0.1, -0.05) is 47.7 Å². The number of fused-ring (bicyclic) bond motifs is 1. The monoisotopic (exact) mass is 625 g/mol. The Kier molecular flexibility index (Phi) is 9.68. The molecule has 1 aliphatic heterocycles. The van der Waals surface area contributed by atoms with E-state index in [1.807, 2.05) is 67.8 Å². The molecule has 3 aromatic carbocycles. The average molecular weight is 626 g/mol. The molecule has 0 amide bonds. The number of rotatable bonds is 10. The van der Waals surface area contributed by atoms with Crippen molar-refractivity contribution in [2.75, 3.05) is 19.5 Å². The summed E-state index contributed by atoms with van der Waals surface area (Å²) in [5.41, 5.74) is 3.48. The predicted octanol–water partition coefficient (Wildman–Crippen LogP) is 5.37. The van der Waals surface area contributed by atoms with Gasteiger partial charge in [0.05, 0.1) is 46.7 Å². The van der Waals surface area contributed by atoms with Crippen LogP contribution in [0.25, 0.3) is 6.08 Å². The number of aromatic nitrogens is 1. The van der Waals surface area contributed by atoms with Crippen molar-refractivity contribution in [2.45, 2.75) is 38.3 Å². The van der Waals surface area contributed by atoms with Gasteiger partial charge in [0.25, 0.3) is 5.56 Å². The second-order valence-electron chi connectivity index (χ2n) is 9.77. The molecule has 1 atom stereocenters. The molecule has 0 spiro atoms. The number of carbonyl (C=O) groups excluding carboxylic acids is 1. The number of nitriles is 1. The van der Waals surface area contributed by atoms with Crippen molar-refractivity contribution in [3.63, 3.8) is 0 Å². The van der Waals surface area contributed by atoms with Gasteiger partial charge in [0.2, 0.25) is 0 Å². The van der Waals surface area contributed by atoms with E-state index in [2.05, 4.69) is 11.1 Å². The van der Waals surface area contributed by atoms with Gasteiger partial charge in [-0.05, 0) is 74.6 Å². The number of hydrogen-bond acceptors (Lipinski definition) is 9. The van der Waals surface area contributed by atoms with Crippen LogP contribution in [0.5, 0.6) is 11.5 Å². The molecule has 0 fully saturated rings. The summed E-state index contributed by atoms with van der Waals surface area (Å²) in [5.74, 6) is 0.563. The summed E-state index contributed by atoms with van der Waals surface area (Å²) in [4.78, 5) is 33.4. The Morgan fingerprint density at radius 2 is 1.84 bits per heavy atom. The Bertz CT molecular complexity index is 1950. The zero-order valence-electron chi connectivity index (χ0n) is 24.8. The fraction of sp³-hybridized carbons (Fsp3) is 0.235. The third-order valence-electron chi connectivity index (χ3n) is 7.03. The van der Waals surface area contributed by atoms with E-state index in [9.17, 15) is 14.9 Å². The molecule has 0 unspecified atom stereocenters. The molecule has 0 saturated carbocycles. The molecule has 1 aliphatic rings. The first-order chi connectivity index (χ1) is 21.4. The van der Waals surface area contributed by atoms with Crippen LogP contribution in [0, 0.1) is 11.3 Å². The molecule has 0 saturated heterocycles. The summed E-state index contributed by atoms with van der Waals surface area (Å²) in [6.07, 6.45) is 3.79. The quantitative estimate of drug-likeness (QED) is 0.173. The molecule has 0 aliphatic carbocycles. The van der Waals surface area contributed by atoms with Gasteiger partial charge < -0.3 is 14.2 Å². The van der Waals surface area contributed by atoms with Gasteiger partial charge in [-0.3, -0.25) is 9.36 Å². The van der Waals surface area contributed by atoms with Crippen molar-refractivity contribution in [3.05, 3.63) is 120 Å². The van der Waals surface area contributed by atoms with E-state index in [1.54, 1.807) is 48.4 Å². The topological polar surface area (TPSA) is 103 Å². The number of ether oxygens (including phenoxy) is 3. The van der Waals surface area contributed by atoms with Gasteiger partial charge in [0.15, 0.2) is 16.3 Å². The second kappa shape index (κ2) is 13.8. The van der Waals surface area contributed by atoms with Crippen LogP contribution in [-0.2, 0) is 16.1 Å². The minimum absolute atomic E-state index is 0.210. The van der Waals surface area contributed by atoms with Gasteiger partial charge in [0.1, 0.15) is 6.61 Å². The molecule has 1 aromatic heterocycles. The summed E-state index contributed by atoms with van der Waals surface area (Å²) in [6, 6.07) is 22.1. The fourth-order valence-corrected chi connectivity index (χ4v) is 6.41. The van der Waals surface area contributed by atoms with Gasteiger partial charge in [0, 0.05) is 10.5 Å². The van der Waals surface area contributed by atoms with E-state index >= 15 is 0 Å². The number of thioether (sulfide) groups is 1. The highest BCUT2D eigenvalue weighted by atomic mass is 32.2. The molecule has 224 valence electrons. The SMILES string of the molecule is CCOC(=O)C1=C(C)N=c2s/c(=C/c3ccc(OCc4ccccc4C#N)c(OCC)c3)c(=O)n2[C@H]1c1ccc(SC)cc1. The summed E-state index contributed by atoms with van der Waals surface area (Å²) < 4.78 is 19.4. The average Bonchev–Trinajstić information content (AvgIpc) is 3.34. The van der Waals surface area contributed by atoms with Crippen LogP contribution in [-0.4, -0.2) is 30.0 Å². The highest BCUT2D eigenvalue weighted by Gasteiger charge is 2.33. The van der Waals surface area contributed by atoms with Crippen molar-refractivity contribution >= 4 is 35.1 Å². The van der Waals surface area contributed by atoms with Crippen LogP contribution in [0.3, 0.4) is 0 Å². The molecule has 10 heteroatoms. The van der Waals surface area contributed by atoms with E-state index in [4.69, 9.17) is 14.2 Å². The number of thiazole rings is 1. The summed E-state index contributed by atoms with van der Waals surface area (Å²) in [5, 5.41) is 9.40. The van der Waals surface area contributed by atoms with Crippen LogP contribution < -0.4 is 24.4 Å². The number of nitrogens with zero attached hydrogens (tertiary/aromatic N) is 3. The standard InChI is InChI=1S/C34H31N3O5S2/c1-5-40-28-17-22(11-16-27(28)42-20-25-10-8-7-9-24(25)19-35)18-29-32(38)37-31(23-12-14-26(43-4)15-13-23)30(33(39)41-6-2)21(3)36-34(37)44-29/h7-18,31H,5-6,20H2,1-4H3/b29-18+/t31-/m0/s1. The lowest BCUT2D eigenvalue weighted by Crippen LogP contribution is -2.39. The highest BCUT2D eigenvalue weighted by molar-refractivity contribution is 7.98. The molecule has 8 nitrogen and oxygen atoms in total. The minimum atomic E-state index is -0.672. The maximum atomic E-state index is 14.0. The maximum absolute atomic E-state index is 14.0. The molecule has 0 radical (unpaired) electrons. The van der Waals surface area contributed by atoms with E-state index < -0.39 is 12.0 Å². The molecule has 0 N–H and O–H groups in total. The van der Waals surface area contributed by atoms with E-state index in [-0.39, 0.29) is 18.8 Å². The first-order valence-corrected chi connectivity index (χ1v) is 16.1. The molecule has 0 bridgehead atoms. The lowest BCUT2D eigenvalue weighted by Gasteiger charge is -2.24. The molecule has 44 heavy (non-hydrogen) atoms. The largest absolute Gasteiger partial charge is 0.490 e. The lowest BCUT2D eigenvalue weighted by molar-refractivity contribution is -0.139. The van der Waals surface area contributed by atoms with Crippen molar-refractivity contribution < 1.29 is 19.0 Å². The minimum Gasteiger partial charge on any atom is -0.490 e. The predicted molar refractivity (Wildman–Crippen MR) is 172 cm³/mol. The van der Waals surface area contributed by atoms with Crippen LogP contribution in [0.1, 0.15) is 49.1 Å². The van der Waals surface area contributed by atoms with Crippen LogP contribution >= 0.6 is 23.1 Å². The number of allylic oxidation sites excluding steroid dienone is 1. The van der Waals surface area contributed by atoms with Gasteiger partial charge in [-0.15, -0.1) is 11.8 Å².